The zero-order valence-corrected chi connectivity index (χ0v) is 10.1. The predicted molar refractivity (Wildman–Crippen MR) is 67.5 cm³/mol. The molecule has 0 heterocycles. The van der Waals surface area contributed by atoms with Gasteiger partial charge in [-0.1, -0.05) is 30.3 Å². The van der Waals surface area contributed by atoms with Gasteiger partial charge in [-0.2, -0.15) is 0 Å². The monoisotopic (exact) mass is 235 g/mol. The SMILES string of the molecule is NC1(COCc2ccccc2)CCC(O)CC1. The molecule has 0 radical (unpaired) electrons. The molecule has 0 spiro atoms. The van der Waals surface area contributed by atoms with E-state index in [1.807, 2.05) is 30.3 Å². The van der Waals surface area contributed by atoms with E-state index in [1.165, 1.54) is 5.56 Å². The fourth-order valence-corrected chi connectivity index (χ4v) is 2.27. The van der Waals surface area contributed by atoms with E-state index in [2.05, 4.69) is 0 Å². The van der Waals surface area contributed by atoms with Gasteiger partial charge in [-0.15, -0.1) is 0 Å². The van der Waals surface area contributed by atoms with Gasteiger partial charge in [0.15, 0.2) is 0 Å². The summed E-state index contributed by atoms with van der Waals surface area (Å²) in [7, 11) is 0. The van der Waals surface area contributed by atoms with Gasteiger partial charge in [-0.05, 0) is 31.2 Å². The maximum absolute atomic E-state index is 9.45. The zero-order valence-electron chi connectivity index (χ0n) is 10.1. The molecular formula is C14H21NO2. The second-order valence-electron chi connectivity index (χ2n) is 5.07. The van der Waals surface area contributed by atoms with Crippen LogP contribution in [0.5, 0.6) is 0 Å². The van der Waals surface area contributed by atoms with Crippen LogP contribution in [0.4, 0.5) is 0 Å². The van der Waals surface area contributed by atoms with Gasteiger partial charge in [-0.3, -0.25) is 0 Å². The van der Waals surface area contributed by atoms with Crippen LogP contribution in [0.2, 0.25) is 0 Å². The Balaban J connectivity index is 1.75. The Morgan fingerprint density at radius 2 is 1.88 bits per heavy atom. The molecule has 3 heteroatoms. The lowest BCUT2D eigenvalue weighted by molar-refractivity contribution is 0.0286. The minimum Gasteiger partial charge on any atom is -0.393 e. The second-order valence-corrected chi connectivity index (χ2v) is 5.07. The van der Waals surface area contributed by atoms with E-state index < -0.39 is 0 Å². The third-order valence-electron chi connectivity index (χ3n) is 3.45. The quantitative estimate of drug-likeness (QED) is 0.837. The number of aliphatic hydroxyl groups excluding tert-OH is 1. The summed E-state index contributed by atoms with van der Waals surface area (Å²) in [4.78, 5) is 0. The summed E-state index contributed by atoms with van der Waals surface area (Å²) in [5.41, 5.74) is 7.18. The molecule has 94 valence electrons. The third kappa shape index (κ3) is 3.80. The van der Waals surface area contributed by atoms with Gasteiger partial charge in [0.2, 0.25) is 0 Å². The van der Waals surface area contributed by atoms with Crippen LogP contribution in [0.1, 0.15) is 31.2 Å². The van der Waals surface area contributed by atoms with E-state index in [4.69, 9.17) is 10.5 Å². The van der Waals surface area contributed by atoms with Crippen LogP contribution >= 0.6 is 0 Å². The van der Waals surface area contributed by atoms with E-state index >= 15 is 0 Å². The summed E-state index contributed by atoms with van der Waals surface area (Å²) in [6.07, 6.45) is 3.13. The molecule has 1 aliphatic carbocycles. The molecule has 1 aliphatic rings. The highest BCUT2D eigenvalue weighted by atomic mass is 16.5. The van der Waals surface area contributed by atoms with Crippen LogP contribution in [0.25, 0.3) is 0 Å². The minimum atomic E-state index is -0.242. The number of nitrogens with two attached hydrogens (primary N) is 1. The Labute approximate surface area is 103 Å². The van der Waals surface area contributed by atoms with Crippen molar-refractivity contribution in [1.82, 2.24) is 0 Å². The van der Waals surface area contributed by atoms with Crippen molar-refractivity contribution in [3.8, 4) is 0 Å². The van der Waals surface area contributed by atoms with Crippen LogP contribution in [-0.2, 0) is 11.3 Å². The molecule has 3 N–H and O–H groups in total. The Morgan fingerprint density at radius 3 is 2.53 bits per heavy atom. The Morgan fingerprint density at radius 1 is 1.24 bits per heavy atom. The molecule has 0 aliphatic heterocycles. The molecule has 1 fully saturated rings. The van der Waals surface area contributed by atoms with E-state index in [0.29, 0.717) is 13.2 Å². The molecule has 1 saturated carbocycles. The van der Waals surface area contributed by atoms with Crippen molar-refractivity contribution in [3.63, 3.8) is 0 Å². The molecule has 1 aromatic rings. The average molecular weight is 235 g/mol. The molecule has 0 atom stereocenters. The van der Waals surface area contributed by atoms with Gasteiger partial charge >= 0.3 is 0 Å². The molecule has 0 aromatic heterocycles. The van der Waals surface area contributed by atoms with Crippen molar-refractivity contribution in [2.75, 3.05) is 6.61 Å². The fourth-order valence-electron chi connectivity index (χ4n) is 2.27. The standard InChI is InChI=1S/C14H21NO2/c15-14(8-6-13(16)7-9-14)11-17-10-12-4-2-1-3-5-12/h1-5,13,16H,6-11,15H2. The summed E-state index contributed by atoms with van der Waals surface area (Å²) in [6, 6.07) is 10.1. The van der Waals surface area contributed by atoms with Crippen molar-refractivity contribution >= 4 is 0 Å². The maximum Gasteiger partial charge on any atom is 0.0717 e. The molecule has 0 unspecified atom stereocenters. The van der Waals surface area contributed by atoms with Gasteiger partial charge in [0, 0.05) is 5.54 Å². The molecule has 1 aromatic carbocycles. The first kappa shape index (κ1) is 12.6. The third-order valence-corrected chi connectivity index (χ3v) is 3.45. The summed E-state index contributed by atoms with van der Waals surface area (Å²) in [5.74, 6) is 0. The van der Waals surface area contributed by atoms with Crippen LogP contribution in [0, 0.1) is 0 Å². The number of hydrogen-bond donors (Lipinski definition) is 2. The van der Waals surface area contributed by atoms with Gasteiger partial charge in [0.05, 0.1) is 19.3 Å². The highest BCUT2D eigenvalue weighted by Crippen LogP contribution is 2.26. The number of hydrogen-bond acceptors (Lipinski definition) is 3. The van der Waals surface area contributed by atoms with Crippen molar-refractivity contribution in [3.05, 3.63) is 35.9 Å². The van der Waals surface area contributed by atoms with Crippen LogP contribution in [-0.4, -0.2) is 23.4 Å². The largest absolute Gasteiger partial charge is 0.393 e. The highest BCUT2D eigenvalue weighted by molar-refractivity contribution is 5.13. The summed E-state index contributed by atoms with van der Waals surface area (Å²) >= 11 is 0. The first-order chi connectivity index (χ1) is 8.18. The number of rotatable bonds is 4. The van der Waals surface area contributed by atoms with Crippen molar-refractivity contribution in [2.45, 2.75) is 43.9 Å². The smallest absolute Gasteiger partial charge is 0.0717 e. The Bertz CT molecular complexity index is 331. The molecule has 0 amide bonds. The Kier molecular flexibility index (Phi) is 4.15. The number of ether oxygens (including phenoxy) is 1. The number of aliphatic hydroxyl groups is 1. The first-order valence-corrected chi connectivity index (χ1v) is 6.27. The van der Waals surface area contributed by atoms with E-state index in [-0.39, 0.29) is 11.6 Å². The lowest BCUT2D eigenvalue weighted by Gasteiger charge is -2.35. The highest BCUT2D eigenvalue weighted by Gasteiger charge is 2.31. The van der Waals surface area contributed by atoms with Gasteiger partial charge < -0.3 is 15.6 Å². The molecular weight excluding hydrogens is 214 g/mol. The fraction of sp³-hybridized carbons (Fsp3) is 0.571. The van der Waals surface area contributed by atoms with Crippen LogP contribution in [0.15, 0.2) is 30.3 Å². The lowest BCUT2D eigenvalue weighted by Crippen LogP contribution is -2.48. The molecule has 3 nitrogen and oxygen atoms in total. The average Bonchev–Trinajstić information content (AvgIpc) is 2.35. The van der Waals surface area contributed by atoms with Gasteiger partial charge in [-0.25, -0.2) is 0 Å². The summed E-state index contributed by atoms with van der Waals surface area (Å²) in [6.45, 7) is 1.19. The van der Waals surface area contributed by atoms with Gasteiger partial charge in [0.1, 0.15) is 0 Å². The number of benzene rings is 1. The van der Waals surface area contributed by atoms with E-state index in [1.54, 1.807) is 0 Å². The maximum atomic E-state index is 9.45. The Hall–Kier alpha value is -0.900. The van der Waals surface area contributed by atoms with Gasteiger partial charge in [0.25, 0.3) is 0 Å². The van der Waals surface area contributed by atoms with Crippen molar-refractivity contribution < 1.29 is 9.84 Å². The van der Waals surface area contributed by atoms with E-state index in [0.717, 1.165) is 25.7 Å². The van der Waals surface area contributed by atoms with Crippen LogP contribution < -0.4 is 5.73 Å². The van der Waals surface area contributed by atoms with Crippen molar-refractivity contribution in [1.29, 1.82) is 0 Å². The zero-order chi connectivity index (χ0) is 12.1. The molecule has 0 bridgehead atoms. The second kappa shape index (κ2) is 5.63. The minimum absolute atomic E-state index is 0.166. The lowest BCUT2D eigenvalue weighted by atomic mass is 9.82. The van der Waals surface area contributed by atoms with Crippen LogP contribution in [0.3, 0.4) is 0 Å². The molecule has 17 heavy (non-hydrogen) atoms. The van der Waals surface area contributed by atoms with Crippen molar-refractivity contribution in [2.24, 2.45) is 5.73 Å². The predicted octanol–water partition coefficient (Wildman–Crippen LogP) is 1.84. The first-order valence-electron chi connectivity index (χ1n) is 6.27. The van der Waals surface area contributed by atoms with E-state index in [9.17, 15) is 5.11 Å². The normalized spacial score (nSPS) is 29.2. The summed E-state index contributed by atoms with van der Waals surface area (Å²) in [5, 5.41) is 9.45. The molecule has 2 rings (SSSR count). The summed E-state index contributed by atoms with van der Waals surface area (Å²) < 4.78 is 5.69. The molecule has 0 saturated heterocycles. The topological polar surface area (TPSA) is 55.5 Å².